The lowest BCUT2D eigenvalue weighted by Gasteiger charge is -2.30. The minimum atomic E-state index is -0.690. The SMILES string of the molecule is C(#CC1(c2ccccc2)c2ccccc2-c2c(N(c3ccc(-c4ccccc4)cc3)c3ccc4c(c3)oc3ccccc34)cccc21)c1ccccc1. The second kappa shape index (κ2) is 12.6. The molecule has 0 saturated heterocycles. The summed E-state index contributed by atoms with van der Waals surface area (Å²) in [4.78, 5) is 2.38. The predicted octanol–water partition coefficient (Wildman–Crippen LogP) is 13.1. The maximum atomic E-state index is 6.46. The first-order valence-electron chi connectivity index (χ1n) is 18.0. The Bertz CT molecular complexity index is 2830. The van der Waals surface area contributed by atoms with Crippen LogP contribution in [0.25, 0.3) is 44.2 Å². The van der Waals surface area contributed by atoms with E-state index in [-0.39, 0.29) is 0 Å². The summed E-state index contributed by atoms with van der Waals surface area (Å²) in [6, 6.07) is 70.8. The Labute approximate surface area is 309 Å². The number of fused-ring (bicyclic) bond motifs is 6. The fourth-order valence-corrected chi connectivity index (χ4v) is 8.10. The van der Waals surface area contributed by atoms with Gasteiger partial charge in [0.25, 0.3) is 0 Å². The molecule has 53 heavy (non-hydrogen) atoms. The van der Waals surface area contributed by atoms with Crippen molar-refractivity contribution >= 4 is 39.0 Å². The zero-order valence-electron chi connectivity index (χ0n) is 28.9. The first kappa shape index (κ1) is 30.7. The molecule has 0 fully saturated rings. The third kappa shape index (κ3) is 5.06. The molecular weight excluding hydrogens is 643 g/mol. The standard InChI is InChI=1S/C51H33NO/c1-4-15-36(16-5-1)33-34-51(39-19-8-3-9-20-39)45-23-12-10-22-44(45)50-46(51)24-14-25-47(50)52(40-29-27-38(28-30-40)37-17-6-2-7-18-37)41-31-32-43-42-21-11-13-26-48(42)53-49(43)35-41/h1-32,35H. The molecule has 2 heteroatoms. The van der Waals surface area contributed by atoms with Crippen molar-refractivity contribution in [3.63, 3.8) is 0 Å². The largest absolute Gasteiger partial charge is 0.456 e. The van der Waals surface area contributed by atoms with E-state index in [4.69, 9.17) is 4.42 Å². The minimum absolute atomic E-state index is 0.690. The van der Waals surface area contributed by atoms with Crippen LogP contribution in [0.2, 0.25) is 0 Å². The van der Waals surface area contributed by atoms with Gasteiger partial charge in [0.15, 0.2) is 0 Å². The lowest BCUT2D eigenvalue weighted by molar-refractivity contribution is 0.669. The normalized spacial score (nSPS) is 14.3. The molecule has 0 N–H and O–H groups in total. The first-order chi connectivity index (χ1) is 26.3. The second-order valence-corrected chi connectivity index (χ2v) is 13.5. The van der Waals surface area contributed by atoms with E-state index < -0.39 is 5.41 Å². The van der Waals surface area contributed by atoms with E-state index in [1.165, 1.54) is 33.4 Å². The van der Waals surface area contributed by atoms with Crippen LogP contribution >= 0.6 is 0 Å². The Kier molecular flexibility index (Phi) is 7.30. The van der Waals surface area contributed by atoms with Gasteiger partial charge in [-0.3, -0.25) is 0 Å². The maximum Gasteiger partial charge on any atom is 0.137 e. The van der Waals surface area contributed by atoms with E-state index in [2.05, 4.69) is 187 Å². The summed E-state index contributed by atoms with van der Waals surface area (Å²) in [6.45, 7) is 0. The third-order valence-electron chi connectivity index (χ3n) is 10.5. The Morgan fingerprint density at radius 2 is 1.08 bits per heavy atom. The van der Waals surface area contributed by atoms with Gasteiger partial charge in [0.1, 0.15) is 16.6 Å². The van der Waals surface area contributed by atoms with Crippen molar-refractivity contribution in [2.75, 3.05) is 4.90 Å². The highest BCUT2D eigenvalue weighted by atomic mass is 16.3. The van der Waals surface area contributed by atoms with Crippen LogP contribution in [-0.4, -0.2) is 0 Å². The van der Waals surface area contributed by atoms with Gasteiger partial charge >= 0.3 is 0 Å². The number of rotatable bonds is 5. The number of hydrogen-bond acceptors (Lipinski definition) is 2. The first-order valence-corrected chi connectivity index (χ1v) is 18.0. The van der Waals surface area contributed by atoms with Crippen molar-refractivity contribution in [3.05, 3.63) is 222 Å². The fourth-order valence-electron chi connectivity index (χ4n) is 8.10. The predicted molar refractivity (Wildman–Crippen MR) is 219 cm³/mol. The molecule has 0 bridgehead atoms. The zero-order valence-corrected chi connectivity index (χ0v) is 28.9. The van der Waals surface area contributed by atoms with Crippen LogP contribution in [0.4, 0.5) is 17.1 Å². The number of anilines is 3. The molecule has 0 radical (unpaired) electrons. The Balaban J connectivity index is 1.24. The molecule has 1 atom stereocenters. The second-order valence-electron chi connectivity index (χ2n) is 13.5. The highest BCUT2D eigenvalue weighted by Crippen LogP contribution is 2.57. The molecule has 0 saturated carbocycles. The number of para-hydroxylation sites is 1. The van der Waals surface area contributed by atoms with E-state index in [9.17, 15) is 0 Å². The molecule has 0 spiro atoms. The molecule has 10 rings (SSSR count). The monoisotopic (exact) mass is 675 g/mol. The van der Waals surface area contributed by atoms with Gasteiger partial charge in [-0.25, -0.2) is 0 Å². The van der Waals surface area contributed by atoms with Crippen molar-refractivity contribution in [1.82, 2.24) is 0 Å². The Morgan fingerprint density at radius 3 is 1.89 bits per heavy atom. The molecule has 1 aliphatic carbocycles. The summed E-state index contributed by atoms with van der Waals surface area (Å²) in [5.41, 5.74) is 13.4. The number of hydrogen-bond donors (Lipinski definition) is 0. The summed E-state index contributed by atoms with van der Waals surface area (Å²) < 4.78 is 6.46. The lowest BCUT2D eigenvalue weighted by atomic mass is 9.73. The summed E-state index contributed by atoms with van der Waals surface area (Å²) in [6.07, 6.45) is 0. The Hall–Kier alpha value is -7.08. The van der Waals surface area contributed by atoms with Gasteiger partial charge in [0.05, 0.1) is 5.69 Å². The van der Waals surface area contributed by atoms with Crippen LogP contribution in [0, 0.1) is 11.8 Å². The van der Waals surface area contributed by atoms with Gasteiger partial charge in [0, 0.05) is 39.3 Å². The van der Waals surface area contributed by atoms with Crippen molar-refractivity contribution in [1.29, 1.82) is 0 Å². The Morgan fingerprint density at radius 1 is 0.453 bits per heavy atom. The number of benzene rings is 8. The number of furan rings is 1. The molecule has 9 aromatic rings. The van der Waals surface area contributed by atoms with Crippen molar-refractivity contribution in [2.24, 2.45) is 0 Å². The maximum absolute atomic E-state index is 6.46. The van der Waals surface area contributed by atoms with Gasteiger partial charge in [-0.1, -0.05) is 157 Å². The summed E-state index contributed by atoms with van der Waals surface area (Å²) in [5, 5.41) is 2.22. The zero-order chi connectivity index (χ0) is 35.2. The van der Waals surface area contributed by atoms with Gasteiger partial charge in [-0.2, -0.15) is 0 Å². The highest BCUT2D eigenvalue weighted by molar-refractivity contribution is 6.06. The topological polar surface area (TPSA) is 16.4 Å². The van der Waals surface area contributed by atoms with Crippen LogP contribution in [0.15, 0.2) is 205 Å². The third-order valence-corrected chi connectivity index (χ3v) is 10.5. The molecule has 0 amide bonds. The average Bonchev–Trinajstić information content (AvgIpc) is 3.75. The average molecular weight is 676 g/mol. The van der Waals surface area contributed by atoms with Gasteiger partial charge in [-0.05, 0) is 81.9 Å². The quantitative estimate of drug-likeness (QED) is 0.169. The van der Waals surface area contributed by atoms with Gasteiger partial charge in [0.2, 0.25) is 0 Å². The molecule has 248 valence electrons. The van der Waals surface area contributed by atoms with Crippen LogP contribution in [-0.2, 0) is 5.41 Å². The van der Waals surface area contributed by atoms with E-state index in [0.29, 0.717) is 0 Å². The fraction of sp³-hybridized carbons (Fsp3) is 0.0196. The van der Waals surface area contributed by atoms with Crippen LogP contribution < -0.4 is 4.90 Å². The molecule has 1 unspecified atom stereocenters. The molecule has 8 aromatic carbocycles. The van der Waals surface area contributed by atoms with Gasteiger partial charge < -0.3 is 9.32 Å². The van der Waals surface area contributed by atoms with Gasteiger partial charge in [-0.15, -0.1) is 0 Å². The van der Waals surface area contributed by atoms with Crippen LogP contribution in [0.3, 0.4) is 0 Å². The van der Waals surface area contributed by atoms with Crippen molar-refractivity contribution < 1.29 is 4.42 Å². The van der Waals surface area contributed by atoms with E-state index in [1.54, 1.807) is 0 Å². The molecule has 2 nitrogen and oxygen atoms in total. The lowest BCUT2D eigenvalue weighted by Crippen LogP contribution is -2.25. The van der Waals surface area contributed by atoms with Crippen molar-refractivity contribution in [2.45, 2.75) is 5.41 Å². The summed E-state index contributed by atoms with van der Waals surface area (Å²) in [5.74, 6) is 7.47. The molecule has 1 heterocycles. The molecule has 1 aromatic heterocycles. The van der Waals surface area contributed by atoms with E-state index in [0.717, 1.165) is 50.1 Å². The molecular formula is C51H33NO. The summed E-state index contributed by atoms with van der Waals surface area (Å²) in [7, 11) is 0. The summed E-state index contributed by atoms with van der Waals surface area (Å²) >= 11 is 0. The van der Waals surface area contributed by atoms with Crippen LogP contribution in [0.1, 0.15) is 22.3 Å². The molecule has 0 aliphatic heterocycles. The van der Waals surface area contributed by atoms with E-state index >= 15 is 0 Å². The minimum Gasteiger partial charge on any atom is -0.456 e. The van der Waals surface area contributed by atoms with Crippen molar-refractivity contribution in [3.8, 4) is 34.1 Å². The molecule has 1 aliphatic rings. The van der Waals surface area contributed by atoms with Crippen LogP contribution in [0.5, 0.6) is 0 Å². The van der Waals surface area contributed by atoms with E-state index in [1.807, 2.05) is 30.3 Å². The number of nitrogens with zero attached hydrogens (tertiary/aromatic N) is 1. The highest BCUT2D eigenvalue weighted by Gasteiger charge is 2.45. The smallest absolute Gasteiger partial charge is 0.137 e.